The number of anilines is 2. The molecule has 5 unspecified atom stereocenters. The number of nitrogens with zero attached hydrogens (tertiary/aromatic N) is 3. The van der Waals surface area contributed by atoms with E-state index in [0.717, 1.165) is 10.1 Å². The summed E-state index contributed by atoms with van der Waals surface area (Å²) in [4.78, 5) is 82.7. The van der Waals surface area contributed by atoms with Crippen LogP contribution < -0.4 is 160 Å². The molecule has 0 saturated carbocycles. The van der Waals surface area contributed by atoms with E-state index in [1.54, 1.807) is 19.1 Å². The van der Waals surface area contributed by atoms with Gasteiger partial charge in [0.05, 0.1) is 45.1 Å². The number of amides is 1. The molecule has 0 spiro atoms. The van der Waals surface area contributed by atoms with Crippen molar-refractivity contribution in [2.24, 2.45) is 0 Å². The number of hydrogen-bond acceptors (Lipinski definition) is 20. The number of aliphatic hydroxyl groups is 1. The predicted octanol–water partition coefficient (Wildman–Crippen LogP) is -14.1. The molecule has 51 heavy (non-hydrogen) atoms. The monoisotopic (exact) mass is 820 g/mol. The molecule has 0 radical (unpaired) electrons. The molecular formula is C21H27N6Na4O17P3. The number of aromatic nitrogens is 2. The van der Waals surface area contributed by atoms with Crippen molar-refractivity contribution in [3.05, 3.63) is 56.6 Å². The average molecular weight is 820 g/mol. The summed E-state index contributed by atoms with van der Waals surface area (Å²) in [7, 11) is -18.2. The van der Waals surface area contributed by atoms with Crippen molar-refractivity contribution in [3.63, 3.8) is 0 Å². The van der Waals surface area contributed by atoms with E-state index in [1.165, 1.54) is 18.3 Å². The van der Waals surface area contributed by atoms with Crippen LogP contribution in [0.1, 0.15) is 24.6 Å². The van der Waals surface area contributed by atoms with E-state index >= 15 is 0 Å². The number of phosphoric acid groups is 3. The van der Waals surface area contributed by atoms with Crippen LogP contribution in [-0.2, 0) is 41.1 Å². The van der Waals surface area contributed by atoms with Gasteiger partial charge >= 0.3 is 124 Å². The van der Waals surface area contributed by atoms with Gasteiger partial charge in [-0.1, -0.05) is 6.07 Å². The number of benzene rings is 1. The van der Waals surface area contributed by atoms with E-state index < -0.39 is 65.0 Å². The Bertz CT molecular complexity index is 1660. The summed E-state index contributed by atoms with van der Waals surface area (Å²) >= 11 is 0. The molecule has 1 aliphatic rings. The zero-order valence-electron chi connectivity index (χ0n) is 28.0. The minimum Gasteiger partial charge on any atom is -0.790 e. The normalized spacial score (nSPS) is 19.0. The number of nitro benzene ring substituents is 1. The Balaban J connectivity index is 0. The van der Waals surface area contributed by atoms with Crippen LogP contribution in [0, 0.1) is 17.0 Å². The molecule has 3 rings (SSSR count). The molecule has 262 valence electrons. The van der Waals surface area contributed by atoms with Crippen molar-refractivity contribution in [1.82, 2.24) is 15.0 Å². The first-order chi connectivity index (χ1) is 21.8. The largest absolute Gasteiger partial charge is 1.00 e. The van der Waals surface area contributed by atoms with Gasteiger partial charge in [-0.25, -0.2) is 9.11 Å². The minimum absolute atomic E-state index is 0. The van der Waals surface area contributed by atoms with Gasteiger partial charge < -0.3 is 48.6 Å². The van der Waals surface area contributed by atoms with Crippen molar-refractivity contribution in [1.29, 1.82) is 0 Å². The van der Waals surface area contributed by atoms with E-state index in [0.29, 0.717) is 5.69 Å². The molecule has 1 fully saturated rings. The number of carbonyl (C=O) groups is 1. The Labute approximate surface area is 378 Å². The van der Waals surface area contributed by atoms with Crippen LogP contribution in [0.2, 0.25) is 0 Å². The summed E-state index contributed by atoms with van der Waals surface area (Å²) in [5, 5.41) is 24.2. The van der Waals surface area contributed by atoms with Gasteiger partial charge in [0, 0.05) is 25.2 Å². The van der Waals surface area contributed by atoms with E-state index in [9.17, 15) is 58.1 Å². The summed E-state index contributed by atoms with van der Waals surface area (Å²) < 4.78 is 55.7. The van der Waals surface area contributed by atoms with E-state index in [4.69, 9.17) is 9.47 Å². The predicted molar refractivity (Wildman–Crippen MR) is 147 cm³/mol. The smallest absolute Gasteiger partial charge is 0.790 e. The zero-order valence-corrected chi connectivity index (χ0v) is 38.7. The molecule has 30 heteroatoms. The molecule has 2 aromatic rings. The molecular weight excluding hydrogens is 793 g/mol. The molecule has 0 aliphatic carbocycles. The van der Waals surface area contributed by atoms with Crippen molar-refractivity contribution in [2.45, 2.75) is 38.2 Å². The van der Waals surface area contributed by atoms with Gasteiger partial charge in [-0.3, -0.25) is 43.8 Å². The molecule has 1 aromatic heterocycles. The van der Waals surface area contributed by atoms with Crippen LogP contribution >= 0.6 is 23.5 Å². The number of carbonyl (C=O) groups excluding carboxylic acids is 1. The second-order valence-electron chi connectivity index (χ2n) is 9.48. The third kappa shape index (κ3) is 19.5. The van der Waals surface area contributed by atoms with Crippen LogP contribution in [0.15, 0.2) is 35.3 Å². The summed E-state index contributed by atoms with van der Waals surface area (Å²) in [5.41, 5.74) is 4.79. The van der Waals surface area contributed by atoms with Crippen molar-refractivity contribution in [2.75, 3.05) is 37.1 Å². The number of aliphatic hydroxyl groups excluding tert-OH is 1. The Morgan fingerprint density at radius 3 is 2.35 bits per heavy atom. The number of aryl methyl sites for hydroxylation is 1. The summed E-state index contributed by atoms with van der Waals surface area (Å²) in [6, 6.07) is 5.99. The van der Waals surface area contributed by atoms with Crippen LogP contribution in [0.4, 0.5) is 17.2 Å². The summed E-state index contributed by atoms with van der Waals surface area (Å²) in [6.45, 7) is 1.08. The maximum atomic E-state index is 12.5. The Hall–Kier alpha value is 0.860. The van der Waals surface area contributed by atoms with Crippen LogP contribution in [0.3, 0.4) is 0 Å². The topological polar surface area (TPSA) is 341 Å². The second-order valence-corrected chi connectivity index (χ2v) is 13.7. The number of ether oxygens (including phenoxy) is 2. The Morgan fingerprint density at radius 2 is 1.75 bits per heavy atom. The second kappa shape index (κ2) is 24.5. The summed E-state index contributed by atoms with van der Waals surface area (Å²) in [6.07, 6.45) is -3.29. The molecule has 1 aliphatic heterocycles. The molecule has 1 amide bonds. The zero-order chi connectivity index (χ0) is 35.0. The number of hydrogen-bond donors (Lipinski definition) is 4. The number of rotatable bonds is 18. The fourth-order valence-corrected chi connectivity index (χ4v) is 6.71. The average Bonchev–Trinajstić information content (AvgIpc) is 3.31. The van der Waals surface area contributed by atoms with Gasteiger partial charge in [0.25, 0.3) is 21.3 Å². The van der Waals surface area contributed by atoms with Gasteiger partial charge in [-0.2, -0.15) is 4.98 Å². The first-order valence-electron chi connectivity index (χ1n) is 13.1. The van der Waals surface area contributed by atoms with Crippen molar-refractivity contribution in [3.8, 4) is 0 Å². The molecule has 1 saturated heterocycles. The first-order valence-corrected chi connectivity index (χ1v) is 17.5. The third-order valence-electron chi connectivity index (χ3n) is 5.86. The molecule has 1 aromatic carbocycles. The maximum Gasteiger partial charge on any atom is 1.00 e. The van der Waals surface area contributed by atoms with Gasteiger partial charge in [0.1, 0.15) is 18.0 Å². The minimum atomic E-state index is -6.17. The van der Waals surface area contributed by atoms with E-state index in [1.807, 2.05) is 0 Å². The van der Waals surface area contributed by atoms with Crippen LogP contribution in [-0.4, -0.2) is 64.1 Å². The van der Waals surface area contributed by atoms with Crippen molar-refractivity contribution >= 4 is 46.6 Å². The van der Waals surface area contributed by atoms with Crippen molar-refractivity contribution < 1.29 is 189 Å². The molecule has 2 heterocycles. The first kappa shape index (κ1) is 54.0. The van der Waals surface area contributed by atoms with Gasteiger partial charge in [0.2, 0.25) is 5.91 Å². The standard InChI is InChI=1S/C21H31N6O17P3.4Na/c1-13-2-3-14(15(10-13)27(31)32)22-6-9-40-8-5-19(29)25-24-18-4-7-26(21(30)23-18)20-11-16(28)17(42-20)12-41-46(36,37)44-47(38,39)43-45(33,34)35;;;;/h2-4,7,10,16-17,20,22,28H,5-6,8-9,11-12H2,1H3,(H,25,29)(H,36,37)(H,38,39)(H,23,24,30)(H2,33,34,35);;;;/q;4*+1/p-4. The fourth-order valence-electron chi connectivity index (χ4n) is 3.85. The number of nitrogens with one attached hydrogen (secondary N) is 3. The maximum absolute atomic E-state index is 12.5. The van der Waals surface area contributed by atoms with Gasteiger partial charge in [-0.05, 0) is 24.6 Å². The van der Waals surface area contributed by atoms with E-state index in [2.05, 4.69) is 34.3 Å². The van der Waals surface area contributed by atoms with Gasteiger partial charge in [0.15, 0.2) is 5.82 Å². The Kier molecular flexibility index (Phi) is 25.9. The SMILES string of the molecule is Cc1ccc(NCCOCCC(=O)NNc2ccn(C3CC(O)C(COP(=O)([O-])OP(=O)([O-])OP(=O)([O-])[O-])O3)c(=O)n2)c([N+](=O)[O-])c1.[Na+].[Na+].[Na+].[Na+]. The molecule has 5 atom stereocenters. The quantitative estimate of drug-likeness (QED) is 0.0357. The summed E-state index contributed by atoms with van der Waals surface area (Å²) in [5.74, 6) is -0.616. The molecule has 0 bridgehead atoms. The number of hydrazine groups is 1. The van der Waals surface area contributed by atoms with Gasteiger partial charge in [-0.15, -0.1) is 0 Å². The number of nitro groups is 1. The number of phosphoric ester groups is 1. The molecule has 23 nitrogen and oxygen atoms in total. The van der Waals surface area contributed by atoms with E-state index in [-0.39, 0.29) is 162 Å². The van der Waals surface area contributed by atoms with Crippen LogP contribution in [0.5, 0.6) is 0 Å². The van der Waals surface area contributed by atoms with Crippen LogP contribution in [0.25, 0.3) is 0 Å². The molecule has 4 N–H and O–H groups in total. The third-order valence-corrected chi connectivity index (χ3v) is 9.52. The Morgan fingerprint density at radius 1 is 1.08 bits per heavy atom. The fraction of sp³-hybridized carbons (Fsp3) is 0.476.